The highest BCUT2D eigenvalue weighted by Gasteiger charge is 2.23. The van der Waals surface area contributed by atoms with Gasteiger partial charge in [0.25, 0.3) is 0 Å². The van der Waals surface area contributed by atoms with Crippen LogP contribution in [-0.4, -0.2) is 9.78 Å². The zero-order chi connectivity index (χ0) is 12.0. The summed E-state index contributed by atoms with van der Waals surface area (Å²) in [4.78, 5) is 0. The van der Waals surface area contributed by atoms with E-state index in [9.17, 15) is 8.78 Å². The minimum Gasteiger partial charge on any atom is -0.382 e. The van der Waals surface area contributed by atoms with Gasteiger partial charge in [-0.1, -0.05) is 6.07 Å². The standard InChI is InChI=1S/C12H11F2N3/c13-8-4-2-6-10(11(8)14)17-9-5-1-3-7(9)12(15)16-17/h2,4,6H,1,3,5H2,(H2,15,16). The molecule has 3 nitrogen and oxygen atoms in total. The van der Waals surface area contributed by atoms with E-state index in [-0.39, 0.29) is 5.69 Å². The molecule has 5 heteroatoms. The summed E-state index contributed by atoms with van der Waals surface area (Å²) < 4.78 is 28.3. The molecule has 0 bridgehead atoms. The third-order valence-electron chi connectivity index (χ3n) is 3.12. The van der Waals surface area contributed by atoms with E-state index < -0.39 is 11.6 Å². The van der Waals surface area contributed by atoms with Crippen molar-refractivity contribution < 1.29 is 8.78 Å². The molecule has 2 N–H and O–H groups in total. The second-order valence-corrected chi connectivity index (χ2v) is 4.15. The number of fused-ring (bicyclic) bond motifs is 1. The Hall–Kier alpha value is -1.91. The summed E-state index contributed by atoms with van der Waals surface area (Å²) in [5.41, 5.74) is 7.76. The van der Waals surface area contributed by atoms with Crippen LogP contribution in [0.3, 0.4) is 0 Å². The number of benzene rings is 1. The fourth-order valence-electron chi connectivity index (χ4n) is 2.32. The van der Waals surface area contributed by atoms with Crippen LogP contribution in [0.2, 0.25) is 0 Å². The van der Waals surface area contributed by atoms with Crippen molar-refractivity contribution in [3.05, 3.63) is 41.1 Å². The largest absolute Gasteiger partial charge is 0.382 e. The van der Waals surface area contributed by atoms with E-state index in [0.29, 0.717) is 5.82 Å². The molecule has 0 saturated heterocycles. The predicted octanol–water partition coefficient (Wildman–Crippen LogP) is 2.22. The first kappa shape index (κ1) is 10.3. The minimum absolute atomic E-state index is 0.125. The molecule has 1 aromatic carbocycles. The maximum absolute atomic E-state index is 13.7. The summed E-state index contributed by atoms with van der Waals surface area (Å²) in [6.45, 7) is 0. The van der Waals surface area contributed by atoms with Gasteiger partial charge in [0.15, 0.2) is 11.6 Å². The highest BCUT2D eigenvalue weighted by molar-refractivity contribution is 5.49. The van der Waals surface area contributed by atoms with E-state index in [4.69, 9.17) is 5.73 Å². The van der Waals surface area contributed by atoms with Crippen molar-refractivity contribution in [3.63, 3.8) is 0 Å². The number of hydrogen-bond acceptors (Lipinski definition) is 2. The van der Waals surface area contributed by atoms with Gasteiger partial charge in [-0.25, -0.2) is 13.5 Å². The first-order valence-corrected chi connectivity index (χ1v) is 5.49. The number of halogens is 2. The van der Waals surface area contributed by atoms with Crippen LogP contribution in [0.4, 0.5) is 14.6 Å². The van der Waals surface area contributed by atoms with Crippen molar-refractivity contribution >= 4 is 5.82 Å². The Kier molecular flexibility index (Phi) is 2.14. The molecular formula is C12H11F2N3. The first-order chi connectivity index (χ1) is 8.18. The molecule has 88 valence electrons. The second-order valence-electron chi connectivity index (χ2n) is 4.15. The third-order valence-corrected chi connectivity index (χ3v) is 3.12. The first-order valence-electron chi connectivity index (χ1n) is 5.49. The number of rotatable bonds is 1. The van der Waals surface area contributed by atoms with Gasteiger partial charge in [0.05, 0.1) is 0 Å². The van der Waals surface area contributed by atoms with E-state index in [1.807, 2.05) is 0 Å². The number of anilines is 1. The molecule has 1 aliphatic rings. The van der Waals surface area contributed by atoms with Crippen LogP contribution >= 0.6 is 0 Å². The quantitative estimate of drug-likeness (QED) is 0.823. The van der Waals surface area contributed by atoms with E-state index in [1.165, 1.54) is 16.8 Å². The molecule has 0 unspecified atom stereocenters. The Morgan fingerprint density at radius 1 is 1.24 bits per heavy atom. The molecule has 0 spiro atoms. The minimum atomic E-state index is -0.885. The lowest BCUT2D eigenvalue weighted by Crippen LogP contribution is -2.05. The van der Waals surface area contributed by atoms with Crippen LogP contribution in [0, 0.1) is 11.6 Å². The Balaban J connectivity index is 2.23. The molecule has 0 amide bonds. The van der Waals surface area contributed by atoms with Gasteiger partial charge in [0.1, 0.15) is 11.5 Å². The number of aromatic nitrogens is 2. The van der Waals surface area contributed by atoms with Crippen molar-refractivity contribution in [2.45, 2.75) is 19.3 Å². The zero-order valence-corrected chi connectivity index (χ0v) is 9.08. The molecule has 1 heterocycles. The Labute approximate surface area is 96.9 Å². The smallest absolute Gasteiger partial charge is 0.184 e. The predicted molar refractivity (Wildman–Crippen MR) is 59.9 cm³/mol. The maximum atomic E-state index is 13.7. The summed E-state index contributed by atoms with van der Waals surface area (Å²) in [5, 5.41) is 4.09. The zero-order valence-electron chi connectivity index (χ0n) is 9.08. The summed E-state index contributed by atoms with van der Waals surface area (Å²) in [5.74, 6) is -1.34. The molecule has 0 radical (unpaired) electrons. The van der Waals surface area contributed by atoms with Crippen LogP contribution in [0.25, 0.3) is 5.69 Å². The molecule has 0 saturated carbocycles. The third kappa shape index (κ3) is 1.42. The normalized spacial score (nSPS) is 14.0. The van der Waals surface area contributed by atoms with Crippen LogP contribution in [0.15, 0.2) is 18.2 Å². The molecule has 1 aliphatic carbocycles. The van der Waals surface area contributed by atoms with E-state index >= 15 is 0 Å². The fourth-order valence-corrected chi connectivity index (χ4v) is 2.32. The van der Waals surface area contributed by atoms with Gasteiger partial charge in [-0.05, 0) is 31.4 Å². The Morgan fingerprint density at radius 3 is 2.88 bits per heavy atom. The molecule has 2 aromatic rings. The van der Waals surface area contributed by atoms with Gasteiger partial charge in [-0.2, -0.15) is 5.10 Å². The van der Waals surface area contributed by atoms with E-state index in [1.54, 1.807) is 0 Å². The topological polar surface area (TPSA) is 43.8 Å². The molecule has 1 aromatic heterocycles. The van der Waals surface area contributed by atoms with E-state index in [2.05, 4.69) is 5.10 Å². The lowest BCUT2D eigenvalue weighted by atomic mass is 10.2. The van der Waals surface area contributed by atoms with Gasteiger partial charge in [0.2, 0.25) is 0 Å². The molecule has 3 rings (SSSR count). The van der Waals surface area contributed by atoms with Crippen LogP contribution in [0.5, 0.6) is 0 Å². The summed E-state index contributed by atoms with van der Waals surface area (Å²) in [6.07, 6.45) is 2.64. The number of nitrogens with two attached hydrogens (primary N) is 1. The summed E-state index contributed by atoms with van der Waals surface area (Å²) >= 11 is 0. The monoisotopic (exact) mass is 235 g/mol. The highest BCUT2D eigenvalue weighted by Crippen LogP contribution is 2.30. The molecule has 0 atom stereocenters. The summed E-state index contributed by atoms with van der Waals surface area (Å²) in [7, 11) is 0. The van der Waals surface area contributed by atoms with Crippen molar-refractivity contribution in [3.8, 4) is 5.69 Å². The highest BCUT2D eigenvalue weighted by atomic mass is 19.2. The fraction of sp³-hybridized carbons (Fsp3) is 0.250. The van der Waals surface area contributed by atoms with Gasteiger partial charge >= 0.3 is 0 Å². The van der Waals surface area contributed by atoms with Gasteiger partial charge < -0.3 is 5.73 Å². The SMILES string of the molecule is Nc1nn(-c2cccc(F)c2F)c2c1CCC2. The van der Waals surface area contributed by atoms with Crippen molar-refractivity contribution in [1.82, 2.24) is 9.78 Å². The average molecular weight is 235 g/mol. The molecule has 0 aliphatic heterocycles. The van der Waals surface area contributed by atoms with Crippen molar-refractivity contribution in [2.24, 2.45) is 0 Å². The van der Waals surface area contributed by atoms with Crippen LogP contribution < -0.4 is 5.73 Å². The van der Waals surface area contributed by atoms with Gasteiger partial charge in [0, 0.05) is 11.3 Å². The van der Waals surface area contributed by atoms with Crippen LogP contribution in [0.1, 0.15) is 17.7 Å². The van der Waals surface area contributed by atoms with Crippen molar-refractivity contribution in [1.29, 1.82) is 0 Å². The molecule has 0 fully saturated rings. The maximum Gasteiger partial charge on any atom is 0.184 e. The second kappa shape index (κ2) is 3.55. The molecular weight excluding hydrogens is 224 g/mol. The average Bonchev–Trinajstić information content (AvgIpc) is 2.87. The summed E-state index contributed by atoms with van der Waals surface area (Å²) in [6, 6.07) is 4.06. The lowest BCUT2D eigenvalue weighted by molar-refractivity contribution is 0.500. The number of nitrogen functional groups attached to an aromatic ring is 1. The van der Waals surface area contributed by atoms with Crippen LogP contribution in [-0.2, 0) is 12.8 Å². The van der Waals surface area contributed by atoms with Crippen molar-refractivity contribution in [2.75, 3.05) is 5.73 Å². The number of hydrogen-bond donors (Lipinski definition) is 1. The van der Waals surface area contributed by atoms with Gasteiger partial charge in [-0.15, -0.1) is 0 Å². The number of nitrogens with zero attached hydrogens (tertiary/aromatic N) is 2. The van der Waals surface area contributed by atoms with Gasteiger partial charge in [-0.3, -0.25) is 0 Å². The molecule has 17 heavy (non-hydrogen) atoms. The Morgan fingerprint density at radius 2 is 2.06 bits per heavy atom. The van der Waals surface area contributed by atoms with E-state index in [0.717, 1.165) is 36.6 Å². The lowest BCUT2D eigenvalue weighted by Gasteiger charge is -2.06. The Bertz CT molecular complexity index is 590.